The van der Waals surface area contributed by atoms with Crippen LogP contribution in [0, 0.1) is 5.82 Å². The van der Waals surface area contributed by atoms with Crippen molar-refractivity contribution in [3.05, 3.63) is 71.5 Å². The third-order valence-corrected chi connectivity index (χ3v) is 5.81. The molecule has 0 aromatic heterocycles. The Labute approximate surface area is 177 Å². The number of carbonyl (C=O) groups is 2. The summed E-state index contributed by atoms with van der Waals surface area (Å²) in [4.78, 5) is 27.7. The highest BCUT2D eigenvalue weighted by Gasteiger charge is 2.43. The van der Waals surface area contributed by atoms with Gasteiger partial charge < -0.3 is 15.0 Å². The summed E-state index contributed by atoms with van der Waals surface area (Å²) in [6.45, 7) is 2.19. The molecule has 0 saturated carbocycles. The summed E-state index contributed by atoms with van der Waals surface area (Å²) in [6, 6.07) is 15.8. The molecule has 5 nitrogen and oxygen atoms in total. The molecule has 0 aliphatic carbocycles. The first kappa shape index (κ1) is 22.0. The van der Waals surface area contributed by atoms with E-state index in [0.717, 1.165) is 17.5 Å². The van der Waals surface area contributed by atoms with E-state index in [1.807, 2.05) is 35.2 Å². The van der Waals surface area contributed by atoms with Crippen molar-refractivity contribution in [2.45, 2.75) is 31.1 Å². The van der Waals surface area contributed by atoms with Crippen LogP contribution in [0.1, 0.15) is 30.4 Å². The molecule has 3 rings (SSSR count). The SMILES string of the molecule is COCCCNC(=O)C1(c2ccccc2)CCN(C(=O)Cc2ccc(F)cc2)CC1. The Morgan fingerprint density at radius 2 is 1.73 bits per heavy atom. The average Bonchev–Trinajstić information content (AvgIpc) is 2.78. The topological polar surface area (TPSA) is 58.6 Å². The van der Waals surface area contributed by atoms with E-state index >= 15 is 0 Å². The van der Waals surface area contributed by atoms with E-state index in [9.17, 15) is 14.0 Å². The van der Waals surface area contributed by atoms with Crippen LogP contribution in [0.25, 0.3) is 0 Å². The highest BCUT2D eigenvalue weighted by molar-refractivity contribution is 5.89. The predicted octanol–water partition coefficient (Wildman–Crippen LogP) is 3.08. The minimum absolute atomic E-state index is 0.00349. The maximum absolute atomic E-state index is 13.2. The lowest BCUT2D eigenvalue weighted by molar-refractivity contribution is -0.136. The first-order chi connectivity index (χ1) is 14.5. The van der Waals surface area contributed by atoms with Gasteiger partial charge in [0.05, 0.1) is 11.8 Å². The van der Waals surface area contributed by atoms with Crippen molar-refractivity contribution >= 4 is 11.8 Å². The third-order valence-electron chi connectivity index (χ3n) is 5.81. The third kappa shape index (κ3) is 5.25. The van der Waals surface area contributed by atoms with Crippen molar-refractivity contribution in [1.82, 2.24) is 10.2 Å². The molecule has 0 spiro atoms. The number of hydrogen-bond donors (Lipinski definition) is 1. The minimum Gasteiger partial charge on any atom is -0.385 e. The average molecular weight is 413 g/mol. The molecule has 1 N–H and O–H groups in total. The second-order valence-corrected chi connectivity index (χ2v) is 7.73. The van der Waals surface area contributed by atoms with Crippen LogP contribution >= 0.6 is 0 Å². The van der Waals surface area contributed by atoms with Gasteiger partial charge in [-0.3, -0.25) is 9.59 Å². The molecular weight excluding hydrogens is 383 g/mol. The smallest absolute Gasteiger partial charge is 0.230 e. The maximum Gasteiger partial charge on any atom is 0.230 e. The quantitative estimate of drug-likeness (QED) is 0.678. The van der Waals surface area contributed by atoms with Crippen LogP contribution < -0.4 is 5.32 Å². The highest BCUT2D eigenvalue weighted by Crippen LogP contribution is 2.36. The number of carbonyl (C=O) groups excluding carboxylic acids is 2. The fraction of sp³-hybridized carbons (Fsp3) is 0.417. The molecule has 0 atom stereocenters. The van der Waals surface area contributed by atoms with Gasteiger partial charge in [0.25, 0.3) is 0 Å². The molecule has 1 aliphatic rings. The molecule has 0 bridgehead atoms. The monoisotopic (exact) mass is 412 g/mol. The van der Waals surface area contributed by atoms with Crippen LogP contribution in [0.3, 0.4) is 0 Å². The fourth-order valence-corrected chi connectivity index (χ4v) is 4.02. The molecule has 1 aliphatic heterocycles. The molecule has 2 amide bonds. The first-order valence-corrected chi connectivity index (χ1v) is 10.4. The van der Waals surface area contributed by atoms with E-state index in [-0.39, 0.29) is 24.1 Å². The number of rotatable bonds is 8. The van der Waals surface area contributed by atoms with Gasteiger partial charge in [-0.2, -0.15) is 0 Å². The Hall–Kier alpha value is -2.73. The normalized spacial score (nSPS) is 15.6. The zero-order valence-corrected chi connectivity index (χ0v) is 17.4. The van der Waals surface area contributed by atoms with Crippen molar-refractivity contribution < 1.29 is 18.7 Å². The van der Waals surface area contributed by atoms with Gasteiger partial charge in [-0.05, 0) is 42.5 Å². The van der Waals surface area contributed by atoms with Crippen LogP contribution in [0.15, 0.2) is 54.6 Å². The summed E-state index contributed by atoms with van der Waals surface area (Å²) < 4.78 is 18.2. The molecule has 1 saturated heterocycles. The summed E-state index contributed by atoms with van der Waals surface area (Å²) in [5, 5.41) is 3.06. The Morgan fingerprint density at radius 1 is 1.07 bits per heavy atom. The van der Waals surface area contributed by atoms with Gasteiger partial charge in [-0.15, -0.1) is 0 Å². The second-order valence-electron chi connectivity index (χ2n) is 7.73. The summed E-state index contributed by atoms with van der Waals surface area (Å²) >= 11 is 0. The molecule has 160 valence electrons. The van der Waals surface area contributed by atoms with E-state index in [2.05, 4.69) is 5.32 Å². The van der Waals surface area contributed by atoms with Gasteiger partial charge in [0.2, 0.25) is 11.8 Å². The van der Waals surface area contributed by atoms with Crippen LogP contribution in [-0.4, -0.2) is 50.1 Å². The molecular formula is C24H29FN2O3. The number of hydrogen-bond acceptors (Lipinski definition) is 3. The van der Waals surface area contributed by atoms with Crippen molar-refractivity contribution in [3.8, 4) is 0 Å². The number of benzene rings is 2. The van der Waals surface area contributed by atoms with Gasteiger partial charge in [0, 0.05) is 33.4 Å². The Kier molecular flexibility index (Phi) is 7.57. The van der Waals surface area contributed by atoms with Crippen LogP contribution in [-0.2, 0) is 26.2 Å². The molecule has 2 aromatic rings. The van der Waals surface area contributed by atoms with Gasteiger partial charge >= 0.3 is 0 Å². The van der Waals surface area contributed by atoms with E-state index in [4.69, 9.17) is 4.74 Å². The Bertz CT molecular complexity index is 831. The fourth-order valence-electron chi connectivity index (χ4n) is 4.02. The number of ether oxygens (including phenoxy) is 1. The largest absolute Gasteiger partial charge is 0.385 e. The number of nitrogens with zero attached hydrogens (tertiary/aromatic N) is 1. The standard InChI is InChI=1S/C24H29FN2O3/c1-30-17-5-14-26-23(29)24(20-6-3-2-4-7-20)12-15-27(16-13-24)22(28)18-19-8-10-21(25)11-9-19/h2-4,6-11H,5,12-18H2,1H3,(H,26,29). The zero-order chi connectivity index (χ0) is 21.4. The molecule has 30 heavy (non-hydrogen) atoms. The second kappa shape index (κ2) is 10.3. The van der Waals surface area contributed by atoms with E-state index in [1.165, 1.54) is 12.1 Å². The lowest BCUT2D eigenvalue weighted by Gasteiger charge is -2.41. The van der Waals surface area contributed by atoms with Crippen molar-refractivity contribution in [3.63, 3.8) is 0 Å². The maximum atomic E-state index is 13.2. The number of halogens is 1. The summed E-state index contributed by atoms with van der Waals surface area (Å²) in [6.07, 6.45) is 2.14. The number of nitrogens with one attached hydrogen (secondary N) is 1. The van der Waals surface area contributed by atoms with Gasteiger partial charge in [0.15, 0.2) is 0 Å². The van der Waals surface area contributed by atoms with Crippen LogP contribution in [0.2, 0.25) is 0 Å². The number of likely N-dealkylation sites (tertiary alicyclic amines) is 1. The van der Waals surface area contributed by atoms with E-state index < -0.39 is 5.41 Å². The van der Waals surface area contributed by atoms with Gasteiger partial charge in [-0.1, -0.05) is 42.5 Å². The predicted molar refractivity (Wildman–Crippen MR) is 114 cm³/mol. The lowest BCUT2D eigenvalue weighted by atomic mass is 9.72. The summed E-state index contributed by atoms with van der Waals surface area (Å²) in [5.41, 5.74) is 1.14. The molecule has 2 aromatic carbocycles. The Morgan fingerprint density at radius 3 is 2.37 bits per heavy atom. The molecule has 0 unspecified atom stereocenters. The van der Waals surface area contributed by atoms with Gasteiger partial charge in [0.1, 0.15) is 5.82 Å². The highest BCUT2D eigenvalue weighted by atomic mass is 19.1. The number of amides is 2. The van der Waals surface area contributed by atoms with E-state index in [1.54, 1.807) is 19.2 Å². The zero-order valence-electron chi connectivity index (χ0n) is 17.4. The van der Waals surface area contributed by atoms with Crippen LogP contribution in [0.5, 0.6) is 0 Å². The van der Waals surface area contributed by atoms with Crippen molar-refractivity contribution in [1.29, 1.82) is 0 Å². The first-order valence-electron chi connectivity index (χ1n) is 10.4. The summed E-state index contributed by atoms with van der Waals surface area (Å²) in [7, 11) is 1.64. The molecule has 0 radical (unpaired) electrons. The minimum atomic E-state index is -0.638. The van der Waals surface area contributed by atoms with Crippen LogP contribution in [0.4, 0.5) is 4.39 Å². The van der Waals surface area contributed by atoms with Crippen molar-refractivity contribution in [2.75, 3.05) is 33.4 Å². The van der Waals surface area contributed by atoms with E-state index in [0.29, 0.717) is 39.1 Å². The number of methoxy groups -OCH3 is 1. The Balaban J connectivity index is 1.67. The lowest BCUT2D eigenvalue weighted by Crippen LogP contribution is -2.53. The molecule has 6 heteroatoms. The molecule has 1 fully saturated rings. The summed E-state index contributed by atoms with van der Waals surface area (Å²) in [5.74, 6) is -0.299. The van der Waals surface area contributed by atoms with Crippen molar-refractivity contribution in [2.24, 2.45) is 0 Å². The van der Waals surface area contributed by atoms with Gasteiger partial charge in [-0.25, -0.2) is 4.39 Å². The number of piperidine rings is 1. The molecule has 1 heterocycles.